The predicted molar refractivity (Wildman–Crippen MR) is 150 cm³/mol. The quantitative estimate of drug-likeness (QED) is 0.262. The summed E-state index contributed by atoms with van der Waals surface area (Å²) >= 11 is 0. The van der Waals surface area contributed by atoms with E-state index in [1.165, 1.54) is 16.8 Å². The van der Waals surface area contributed by atoms with Gasteiger partial charge in [-0.2, -0.15) is 0 Å². The molecule has 36 heavy (non-hydrogen) atoms. The Kier molecular flexibility index (Phi) is 5.88. The van der Waals surface area contributed by atoms with Crippen molar-refractivity contribution in [1.82, 2.24) is 9.97 Å². The molecule has 0 spiro atoms. The number of hydrogen-bond acceptors (Lipinski definition) is 3. The van der Waals surface area contributed by atoms with Gasteiger partial charge >= 0.3 is 0 Å². The normalized spacial score (nSPS) is 12.2. The van der Waals surface area contributed by atoms with E-state index in [4.69, 9.17) is 9.97 Å². The van der Waals surface area contributed by atoms with Crippen molar-refractivity contribution in [3.05, 3.63) is 126 Å². The average molecular weight is 466 g/mol. The van der Waals surface area contributed by atoms with Crippen molar-refractivity contribution < 1.29 is 0 Å². The highest BCUT2D eigenvalue weighted by molar-refractivity contribution is 5.74. The molecular formula is C33H27N3. The van der Waals surface area contributed by atoms with Gasteiger partial charge in [0.25, 0.3) is 0 Å². The Labute approximate surface area is 212 Å². The molecule has 0 saturated heterocycles. The molecule has 0 unspecified atom stereocenters. The summed E-state index contributed by atoms with van der Waals surface area (Å²) in [5.41, 5.74) is 10.0. The summed E-state index contributed by atoms with van der Waals surface area (Å²) in [6.07, 6.45) is 6.75. The first-order valence-corrected chi connectivity index (χ1v) is 12.4. The highest BCUT2D eigenvalue weighted by atomic mass is 15.1. The lowest BCUT2D eigenvalue weighted by Gasteiger charge is -2.22. The molecule has 3 heteroatoms. The maximum absolute atomic E-state index is 4.95. The van der Waals surface area contributed by atoms with Gasteiger partial charge in [-0.1, -0.05) is 78.9 Å². The van der Waals surface area contributed by atoms with E-state index in [1.807, 2.05) is 36.4 Å². The van der Waals surface area contributed by atoms with Gasteiger partial charge in [0.1, 0.15) is 0 Å². The Morgan fingerprint density at radius 1 is 0.611 bits per heavy atom. The molecular weight excluding hydrogens is 438 g/mol. The summed E-state index contributed by atoms with van der Waals surface area (Å²) in [5.74, 6) is 0.725. The molecule has 1 aromatic heterocycles. The lowest BCUT2D eigenvalue weighted by Crippen LogP contribution is -2.10. The maximum atomic E-state index is 4.95. The summed E-state index contributed by atoms with van der Waals surface area (Å²) in [7, 11) is 2.11. The van der Waals surface area contributed by atoms with Crippen LogP contribution >= 0.6 is 0 Å². The molecule has 0 radical (unpaired) electrons. The van der Waals surface area contributed by atoms with E-state index in [2.05, 4.69) is 96.9 Å². The van der Waals surface area contributed by atoms with Crippen molar-refractivity contribution >= 4 is 17.5 Å². The highest BCUT2D eigenvalue weighted by Crippen LogP contribution is 2.31. The first-order valence-electron chi connectivity index (χ1n) is 12.4. The minimum Gasteiger partial charge on any atom is -0.345 e. The Morgan fingerprint density at radius 2 is 1.22 bits per heavy atom. The van der Waals surface area contributed by atoms with Gasteiger partial charge in [-0.3, -0.25) is 0 Å². The first kappa shape index (κ1) is 22.0. The standard InChI is InChI=1S/C33H27N3/c1-36(30-21-16-24-10-8-9-15-28(24)22-30)29-19-17-27(18-20-29)33-34-31(25-11-4-2-5-12-25)23-32(35-33)26-13-6-3-7-14-26/h2-7,9,11-23H,8,10H2,1H3. The largest absolute Gasteiger partial charge is 0.345 e. The first-order chi connectivity index (χ1) is 17.7. The summed E-state index contributed by atoms with van der Waals surface area (Å²) in [6, 6.07) is 37.9. The Balaban J connectivity index is 1.35. The minimum atomic E-state index is 0.725. The van der Waals surface area contributed by atoms with Gasteiger partial charge in [0.15, 0.2) is 5.82 Å². The minimum absolute atomic E-state index is 0.725. The molecule has 0 aliphatic heterocycles. The van der Waals surface area contributed by atoms with E-state index in [9.17, 15) is 0 Å². The van der Waals surface area contributed by atoms with Gasteiger partial charge in [-0.15, -0.1) is 0 Å². The Hall–Kier alpha value is -4.50. The lowest BCUT2D eigenvalue weighted by atomic mass is 9.97. The predicted octanol–water partition coefficient (Wildman–Crippen LogP) is 8.20. The molecule has 0 atom stereocenters. The van der Waals surface area contributed by atoms with Crippen LogP contribution in [0.1, 0.15) is 17.5 Å². The van der Waals surface area contributed by atoms with Gasteiger partial charge < -0.3 is 4.90 Å². The number of nitrogens with zero attached hydrogens (tertiary/aromatic N) is 3. The fourth-order valence-corrected chi connectivity index (χ4v) is 4.70. The van der Waals surface area contributed by atoms with E-state index in [1.54, 1.807) is 0 Å². The molecule has 3 nitrogen and oxygen atoms in total. The fraction of sp³-hybridized carbons (Fsp3) is 0.0909. The summed E-state index contributed by atoms with van der Waals surface area (Å²) in [4.78, 5) is 12.1. The van der Waals surface area contributed by atoms with E-state index < -0.39 is 0 Å². The molecule has 174 valence electrons. The van der Waals surface area contributed by atoms with Gasteiger partial charge in [0.05, 0.1) is 11.4 Å². The van der Waals surface area contributed by atoms with Crippen molar-refractivity contribution in [2.75, 3.05) is 11.9 Å². The molecule has 1 aliphatic carbocycles. The third-order valence-corrected chi connectivity index (χ3v) is 6.77. The number of fused-ring (bicyclic) bond motifs is 1. The van der Waals surface area contributed by atoms with Crippen molar-refractivity contribution in [2.24, 2.45) is 0 Å². The van der Waals surface area contributed by atoms with E-state index in [0.717, 1.165) is 52.4 Å². The summed E-state index contributed by atoms with van der Waals surface area (Å²) in [6.45, 7) is 0. The zero-order valence-corrected chi connectivity index (χ0v) is 20.3. The van der Waals surface area contributed by atoms with Crippen molar-refractivity contribution in [3.63, 3.8) is 0 Å². The summed E-state index contributed by atoms with van der Waals surface area (Å²) in [5, 5.41) is 0. The van der Waals surface area contributed by atoms with Crippen LogP contribution < -0.4 is 4.90 Å². The number of benzene rings is 4. The molecule has 0 saturated carbocycles. The Morgan fingerprint density at radius 3 is 1.86 bits per heavy atom. The fourth-order valence-electron chi connectivity index (χ4n) is 4.70. The van der Waals surface area contributed by atoms with E-state index >= 15 is 0 Å². The second-order valence-corrected chi connectivity index (χ2v) is 9.12. The van der Waals surface area contributed by atoms with E-state index in [0.29, 0.717) is 0 Å². The second-order valence-electron chi connectivity index (χ2n) is 9.12. The van der Waals surface area contributed by atoms with E-state index in [-0.39, 0.29) is 0 Å². The van der Waals surface area contributed by atoms with Crippen LogP contribution in [0.5, 0.6) is 0 Å². The Bertz CT molecular complexity index is 1460. The molecule has 0 amide bonds. The third-order valence-electron chi connectivity index (χ3n) is 6.77. The monoisotopic (exact) mass is 465 g/mol. The second kappa shape index (κ2) is 9.63. The molecule has 1 heterocycles. The zero-order valence-electron chi connectivity index (χ0n) is 20.3. The van der Waals surface area contributed by atoms with Crippen LogP contribution in [0.15, 0.2) is 115 Å². The van der Waals surface area contributed by atoms with Gasteiger partial charge in [-0.25, -0.2) is 9.97 Å². The third kappa shape index (κ3) is 4.44. The van der Waals surface area contributed by atoms with Crippen LogP contribution in [0.3, 0.4) is 0 Å². The van der Waals surface area contributed by atoms with Crippen molar-refractivity contribution in [1.29, 1.82) is 0 Å². The van der Waals surface area contributed by atoms with Crippen LogP contribution in [0.25, 0.3) is 40.0 Å². The number of rotatable bonds is 5. The molecule has 0 fully saturated rings. The molecule has 0 N–H and O–H groups in total. The molecule has 0 bridgehead atoms. The molecule has 1 aliphatic rings. The van der Waals surface area contributed by atoms with Gasteiger partial charge in [0.2, 0.25) is 0 Å². The van der Waals surface area contributed by atoms with Crippen LogP contribution in [0, 0.1) is 0 Å². The SMILES string of the molecule is CN(c1ccc(-c2nc(-c3ccccc3)cc(-c3ccccc3)n2)cc1)c1ccc2c(c1)C=CCC2. The maximum Gasteiger partial charge on any atom is 0.160 e. The summed E-state index contributed by atoms with van der Waals surface area (Å²) < 4.78 is 0. The van der Waals surface area contributed by atoms with Crippen LogP contribution in [0.2, 0.25) is 0 Å². The average Bonchev–Trinajstić information content (AvgIpc) is 2.97. The lowest BCUT2D eigenvalue weighted by molar-refractivity contribution is 0.984. The number of anilines is 2. The van der Waals surface area contributed by atoms with Gasteiger partial charge in [-0.05, 0) is 66.4 Å². The van der Waals surface area contributed by atoms with Gasteiger partial charge in [0, 0.05) is 35.1 Å². The number of aryl methyl sites for hydroxylation is 1. The molecule has 4 aromatic carbocycles. The topological polar surface area (TPSA) is 29.0 Å². The van der Waals surface area contributed by atoms with Crippen LogP contribution in [-0.2, 0) is 6.42 Å². The highest BCUT2D eigenvalue weighted by Gasteiger charge is 2.12. The number of allylic oxidation sites excluding steroid dienone is 1. The van der Waals surface area contributed by atoms with Crippen LogP contribution in [-0.4, -0.2) is 17.0 Å². The zero-order chi connectivity index (χ0) is 24.3. The number of hydrogen-bond donors (Lipinski definition) is 0. The molecule has 5 aromatic rings. The van der Waals surface area contributed by atoms with Crippen molar-refractivity contribution in [2.45, 2.75) is 12.8 Å². The smallest absolute Gasteiger partial charge is 0.160 e. The molecule has 6 rings (SSSR count). The number of aromatic nitrogens is 2. The van der Waals surface area contributed by atoms with Crippen LogP contribution in [0.4, 0.5) is 11.4 Å². The van der Waals surface area contributed by atoms with Crippen molar-refractivity contribution in [3.8, 4) is 33.9 Å².